The molecular formula is C17H15NO4. The number of ether oxygens (including phenoxy) is 1. The van der Waals surface area contributed by atoms with Crippen LogP contribution in [0.5, 0.6) is 5.75 Å². The fourth-order valence-electron chi connectivity index (χ4n) is 1.68. The molecule has 2 aromatic rings. The molecular weight excluding hydrogens is 282 g/mol. The van der Waals surface area contributed by atoms with Crippen molar-refractivity contribution in [1.29, 1.82) is 0 Å². The Hall–Kier alpha value is -3.08. The van der Waals surface area contributed by atoms with Gasteiger partial charge >= 0.3 is 11.9 Å². The number of nitrogens with zero attached hydrogens (tertiary/aromatic N) is 1. The van der Waals surface area contributed by atoms with E-state index in [1.165, 1.54) is 5.06 Å². The number of hydrogen-bond acceptors (Lipinski definition) is 5. The third-order valence-electron chi connectivity index (χ3n) is 2.66. The van der Waals surface area contributed by atoms with Crippen LogP contribution in [0, 0.1) is 0 Å². The van der Waals surface area contributed by atoms with Gasteiger partial charge in [-0.05, 0) is 24.3 Å². The molecule has 2 rings (SSSR count). The molecule has 0 aromatic heterocycles. The molecule has 0 fully saturated rings. The fraction of sp³-hybridized carbons (Fsp3) is 0.0588. The van der Waals surface area contributed by atoms with E-state index in [1.54, 1.807) is 24.3 Å². The van der Waals surface area contributed by atoms with Gasteiger partial charge in [-0.25, -0.2) is 9.59 Å². The topological polar surface area (TPSA) is 55.8 Å². The Morgan fingerprint density at radius 1 is 1.00 bits per heavy atom. The first-order chi connectivity index (χ1) is 10.7. The van der Waals surface area contributed by atoms with Crippen molar-refractivity contribution in [3.8, 4) is 5.75 Å². The molecule has 22 heavy (non-hydrogen) atoms. The predicted molar refractivity (Wildman–Crippen MR) is 82.2 cm³/mol. The van der Waals surface area contributed by atoms with Gasteiger partial charge in [-0.3, -0.25) is 0 Å². The van der Waals surface area contributed by atoms with Gasteiger partial charge in [0.15, 0.2) is 12.3 Å². The Kier molecular flexibility index (Phi) is 5.31. The van der Waals surface area contributed by atoms with Crippen LogP contribution in [-0.4, -0.2) is 18.5 Å². The van der Waals surface area contributed by atoms with Gasteiger partial charge in [0, 0.05) is 6.08 Å². The zero-order valence-electron chi connectivity index (χ0n) is 11.8. The Balaban J connectivity index is 2.13. The lowest BCUT2D eigenvalue weighted by Gasteiger charge is -2.23. The molecule has 0 aliphatic heterocycles. The summed E-state index contributed by atoms with van der Waals surface area (Å²) in [5, 5.41) is 1.36. The van der Waals surface area contributed by atoms with E-state index in [0.29, 0.717) is 11.4 Å². The molecule has 5 nitrogen and oxygen atoms in total. The van der Waals surface area contributed by atoms with E-state index in [4.69, 9.17) is 4.84 Å². The van der Waals surface area contributed by atoms with Crippen molar-refractivity contribution in [3.63, 3.8) is 0 Å². The molecule has 0 unspecified atom stereocenters. The number of carbonyl (C=O) groups is 2. The van der Waals surface area contributed by atoms with Crippen LogP contribution in [0.2, 0.25) is 0 Å². The maximum Gasteiger partial charge on any atom is 0.337 e. The number of anilines is 1. The molecule has 0 radical (unpaired) electrons. The minimum Gasteiger partial charge on any atom is -0.388 e. The summed E-state index contributed by atoms with van der Waals surface area (Å²) in [5.74, 6) is -0.961. The van der Waals surface area contributed by atoms with Gasteiger partial charge in [0.1, 0.15) is 0 Å². The largest absolute Gasteiger partial charge is 0.388 e. The third kappa shape index (κ3) is 4.49. The summed E-state index contributed by atoms with van der Waals surface area (Å²) in [6.07, 6.45) is 0.933. The Labute approximate surface area is 128 Å². The van der Waals surface area contributed by atoms with Gasteiger partial charge in [-0.1, -0.05) is 43.0 Å². The molecule has 0 aliphatic rings. The van der Waals surface area contributed by atoms with E-state index in [1.807, 2.05) is 36.4 Å². The van der Waals surface area contributed by atoms with Crippen LogP contribution in [0.1, 0.15) is 0 Å². The Morgan fingerprint density at radius 2 is 1.59 bits per heavy atom. The number of rotatable bonds is 6. The van der Waals surface area contributed by atoms with Crippen molar-refractivity contribution in [2.75, 3.05) is 11.6 Å². The molecule has 0 saturated heterocycles. The van der Waals surface area contributed by atoms with E-state index in [9.17, 15) is 9.59 Å². The second-order valence-corrected chi connectivity index (χ2v) is 4.27. The summed E-state index contributed by atoms with van der Waals surface area (Å²) in [6, 6.07) is 18.1. The van der Waals surface area contributed by atoms with Gasteiger partial charge in [-0.15, -0.1) is 0 Å². The SMILES string of the molecule is C=CC(=O)OC(=O)CN(Oc1ccccc1)c1ccccc1. The van der Waals surface area contributed by atoms with Gasteiger partial charge in [-0.2, -0.15) is 5.06 Å². The monoisotopic (exact) mass is 297 g/mol. The first-order valence-corrected chi connectivity index (χ1v) is 6.61. The van der Waals surface area contributed by atoms with Crippen LogP contribution < -0.4 is 9.90 Å². The summed E-state index contributed by atoms with van der Waals surface area (Å²) in [4.78, 5) is 28.5. The van der Waals surface area contributed by atoms with Gasteiger partial charge < -0.3 is 9.57 Å². The van der Waals surface area contributed by atoms with Gasteiger partial charge in [0.25, 0.3) is 0 Å². The first kappa shape index (κ1) is 15.3. The second kappa shape index (κ2) is 7.64. The smallest absolute Gasteiger partial charge is 0.337 e. The molecule has 0 atom stereocenters. The number of hydroxylamine groups is 1. The second-order valence-electron chi connectivity index (χ2n) is 4.27. The molecule has 5 heteroatoms. The average Bonchev–Trinajstić information content (AvgIpc) is 2.56. The molecule has 0 amide bonds. The third-order valence-corrected chi connectivity index (χ3v) is 2.66. The standard InChI is InChI=1S/C17H15NO4/c1-2-16(19)21-17(20)13-18(14-9-5-3-6-10-14)22-15-11-7-4-8-12-15/h2-12H,1,13H2. The van der Waals surface area contributed by atoms with Crippen LogP contribution in [0.4, 0.5) is 5.69 Å². The number of carbonyl (C=O) groups excluding carboxylic acids is 2. The van der Waals surface area contributed by atoms with Crippen LogP contribution in [0.3, 0.4) is 0 Å². The van der Waals surface area contributed by atoms with Crippen molar-refractivity contribution in [2.45, 2.75) is 0 Å². The zero-order chi connectivity index (χ0) is 15.8. The lowest BCUT2D eigenvalue weighted by atomic mass is 10.3. The van der Waals surface area contributed by atoms with E-state index in [0.717, 1.165) is 6.08 Å². The van der Waals surface area contributed by atoms with Crippen LogP contribution in [-0.2, 0) is 14.3 Å². The lowest BCUT2D eigenvalue weighted by molar-refractivity contribution is -0.155. The normalized spacial score (nSPS) is 9.64. The van der Waals surface area contributed by atoms with Crippen LogP contribution in [0.15, 0.2) is 73.3 Å². The highest BCUT2D eigenvalue weighted by Crippen LogP contribution is 2.18. The van der Waals surface area contributed by atoms with E-state index in [2.05, 4.69) is 11.3 Å². The minimum atomic E-state index is -0.794. The highest BCUT2D eigenvalue weighted by molar-refractivity contribution is 5.93. The summed E-state index contributed by atoms with van der Waals surface area (Å²) in [7, 11) is 0. The molecule has 112 valence electrons. The van der Waals surface area contributed by atoms with Crippen molar-refractivity contribution in [1.82, 2.24) is 0 Å². The zero-order valence-corrected chi connectivity index (χ0v) is 11.8. The van der Waals surface area contributed by atoms with Gasteiger partial charge in [0.2, 0.25) is 0 Å². The molecule has 2 aromatic carbocycles. The number of benzene rings is 2. The van der Waals surface area contributed by atoms with Crippen molar-refractivity contribution < 1.29 is 19.2 Å². The number of esters is 2. The molecule has 0 spiro atoms. The summed E-state index contributed by atoms with van der Waals surface area (Å²) in [6.45, 7) is 3.01. The molecule has 0 saturated carbocycles. The van der Waals surface area contributed by atoms with E-state index >= 15 is 0 Å². The minimum absolute atomic E-state index is 0.238. The fourth-order valence-corrected chi connectivity index (χ4v) is 1.68. The lowest BCUT2D eigenvalue weighted by Crippen LogP contribution is -2.34. The van der Waals surface area contributed by atoms with E-state index < -0.39 is 11.9 Å². The quantitative estimate of drug-likeness (QED) is 0.355. The Bertz CT molecular complexity index is 640. The molecule has 0 bridgehead atoms. The Morgan fingerprint density at radius 3 is 2.18 bits per heavy atom. The van der Waals surface area contributed by atoms with Crippen molar-refractivity contribution >= 4 is 17.6 Å². The van der Waals surface area contributed by atoms with Crippen LogP contribution in [0.25, 0.3) is 0 Å². The molecule has 0 aliphatic carbocycles. The predicted octanol–water partition coefficient (Wildman–Crippen LogP) is 2.74. The summed E-state index contributed by atoms with van der Waals surface area (Å²) in [5.41, 5.74) is 0.661. The molecule has 0 N–H and O–H groups in total. The first-order valence-electron chi connectivity index (χ1n) is 6.61. The van der Waals surface area contributed by atoms with Crippen molar-refractivity contribution in [2.24, 2.45) is 0 Å². The summed E-state index contributed by atoms with van der Waals surface area (Å²) >= 11 is 0. The number of para-hydroxylation sites is 2. The maximum absolute atomic E-state index is 11.8. The molecule has 0 heterocycles. The van der Waals surface area contributed by atoms with Gasteiger partial charge in [0.05, 0.1) is 5.69 Å². The van der Waals surface area contributed by atoms with E-state index in [-0.39, 0.29) is 6.54 Å². The number of hydrogen-bond donors (Lipinski definition) is 0. The summed E-state index contributed by atoms with van der Waals surface area (Å²) < 4.78 is 4.57. The van der Waals surface area contributed by atoms with Crippen molar-refractivity contribution in [3.05, 3.63) is 73.3 Å². The highest BCUT2D eigenvalue weighted by atomic mass is 16.7. The van der Waals surface area contributed by atoms with Crippen LogP contribution >= 0.6 is 0 Å². The average molecular weight is 297 g/mol. The maximum atomic E-state index is 11.8. The highest BCUT2D eigenvalue weighted by Gasteiger charge is 2.16.